The Morgan fingerprint density at radius 1 is 0.727 bits per heavy atom. The number of nitrogens with zero attached hydrogens (tertiary/aromatic N) is 1. The molecule has 11 heavy (non-hydrogen) atoms. The zero-order valence-corrected chi connectivity index (χ0v) is 7.39. The van der Waals surface area contributed by atoms with Gasteiger partial charge in [0.1, 0.15) is 0 Å². The summed E-state index contributed by atoms with van der Waals surface area (Å²) in [5.41, 5.74) is 0. The molecule has 0 saturated heterocycles. The van der Waals surface area contributed by atoms with Crippen LogP contribution < -0.4 is 0 Å². The van der Waals surface area contributed by atoms with E-state index in [1.165, 1.54) is 51.4 Å². The van der Waals surface area contributed by atoms with Gasteiger partial charge in [-0.2, -0.15) is 0 Å². The second-order valence-corrected chi connectivity index (χ2v) is 3.35. The van der Waals surface area contributed by atoms with Gasteiger partial charge in [0.05, 0.1) is 0 Å². The maximum absolute atomic E-state index is 4.35. The minimum Gasteiger partial charge on any atom is -0.298 e. The molecule has 0 aromatic carbocycles. The van der Waals surface area contributed by atoms with Crippen LogP contribution in [0.5, 0.6) is 0 Å². The van der Waals surface area contributed by atoms with Gasteiger partial charge in [0.25, 0.3) is 0 Å². The Morgan fingerprint density at radius 3 is 2.18 bits per heavy atom. The second-order valence-electron chi connectivity index (χ2n) is 3.35. The van der Waals surface area contributed by atoms with Crippen LogP contribution in [0.1, 0.15) is 51.4 Å². The zero-order valence-electron chi connectivity index (χ0n) is 7.39. The smallest absolute Gasteiger partial charge is 0.0385 e. The highest BCUT2D eigenvalue weighted by Crippen LogP contribution is 2.09. The molecule has 0 saturated carbocycles. The predicted octanol–water partition coefficient (Wildman–Crippen LogP) is 3.19. The molecule has 0 aliphatic carbocycles. The van der Waals surface area contributed by atoms with Crippen molar-refractivity contribution < 1.29 is 0 Å². The Hall–Kier alpha value is -0.330. The summed E-state index contributed by atoms with van der Waals surface area (Å²) in [6.07, 6.45) is 13.1. The molecule has 64 valence electrons. The van der Waals surface area contributed by atoms with Crippen molar-refractivity contribution in [2.45, 2.75) is 51.4 Å². The molecule has 0 aromatic rings. The molecule has 1 heteroatoms. The Bertz CT molecular complexity index is 95.4. The van der Waals surface area contributed by atoms with Crippen molar-refractivity contribution in [3.63, 3.8) is 0 Å². The molecule has 1 aliphatic heterocycles. The lowest BCUT2D eigenvalue weighted by Crippen LogP contribution is -1.82. The van der Waals surface area contributed by atoms with Crippen molar-refractivity contribution in [3.05, 3.63) is 0 Å². The van der Waals surface area contributed by atoms with Gasteiger partial charge in [0.15, 0.2) is 0 Å². The van der Waals surface area contributed by atoms with Crippen LogP contribution in [0.15, 0.2) is 4.99 Å². The second kappa shape index (κ2) is 6.38. The standard InChI is InChI=1S/C10H19N/c1-2-4-6-8-10-11-9-7-5-3-1/h9H,1-8,10H2. The topological polar surface area (TPSA) is 12.4 Å². The SMILES string of the molecule is C1=NCCCCCCCCC1. The molecule has 0 N–H and O–H groups in total. The fourth-order valence-corrected chi connectivity index (χ4v) is 1.51. The molecule has 0 bridgehead atoms. The number of hydrogen-bond donors (Lipinski definition) is 0. The monoisotopic (exact) mass is 153 g/mol. The van der Waals surface area contributed by atoms with Gasteiger partial charge in [-0.25, -0.2) is 0 Å². The Balaban J connectivity index is 2.11. The largest absolute Gasteiger partial charge is 0.298 e. The fourth-order valence-electron chi connectivity index (χ4n) is 1.51. The summed E-state index contributed by atoms with van der Waals surface area (Å²) in [5, 5.41) is 0. The maximum atomic E-state index is 4.35. The molecule has 1 rings (SSSR count). The molecule has 0 amide bonds. The van der Waals surface area contributed by atoms with Crippen LogP contribution >= 0.6 is 0 Å². The molecule has 0 spiro atoms. The highest BCUT2D eigenvalue weighted by atomic mass is 14.7. The number of rotatable bonds is 0. The lowest BCUT2D eigenvalue weighted by atomic mass is 10.1. The molecule has 0 atom stereocenters. The van der Waals surface area contributed by atoms with Gasteiger partial charge in [0, 0.05) is 6.54 Å². The Labute approximate surface area is 69.9 Å². The first-order valence-corrected chi connectivity index (χ1v) is 4.98. The van der Waals surface area contributed by atoms with Crippen molar-refractivity contribution in [1.82, 2.24) is 0 Å². The van der Waals surface area contributed by atoms with Crippen LogP contribution in [-0.2, 0) is 0 Å². The average molecular weight is 153 g/mol. The van der Waals surface area contributed by atoms with E-state index in [9.17, 15) is 0 Å². The van der Waals surface area contributed by atoms with E-state index in [1.807, 2.05) is 0 Å². The molecule has 1 heterocycles. The van der Waals surface area contributed by atoms with Crippen LogP contribution in [0.2, 0.25) is 0 Å². The van der Waals surface area contributed by atoms with Gasteiger partial charge in [0.2, 0.25) is 0 Å². The Morgan fingerprint density at radius 2 is 1.36 bits per heavy atom. The molecular formula is C10H19N. The predicted molar refractivity (Wildman–Crippen MR) is 50.3 cm³/mol. The summed E-state index contributed by atoms with van der Waals surface area (Å²) in [5.74, 6) is 0. The lowest BCUT2D eigenvalue weighted by Gasteiger charge is -1.97. The molecule has 1 nitrogen and oxygen atoms in total. The van der Waals surface area contributed by atoms with Crippen LogP contribution in [0.3, 0.4) is 0 Å². The molecular weight excluding hydrogens is 134 g/mol. The third kappa shape index (κ3) is 5.00. The third-order valence-electron chi connectivity index (χ3n) is 2.25. The number of hydrogen-bond acceptors (Lipinski definition) is 1. The minimum absolute atomic E-state index is 1.07. The summed E-state index contributed by atoms with van der Waals surface area (Å²) >= 11 is 0. The van der Waals surface area contributed by atoms with Crippen LogP contribution in [0.4, 0.5) is 0 Å². The highest BCUT2D eigenvalue weighted by molar-refractivity contribution is 5.56. The van der Waals surface area contributed by atoms with Gasteiger partial charge in [-0.15, -0.1) is 0 Å². The van der Waals surface area contributed by atoms with E-state index in [4.69, 9.17) is 0 Å². The first-order chi connectivity index (χ1) is 5.50. The van der Waals surface area contributed by atoms with E-state index in [1.54, 1.807) is 0 Å². The minimum atomic E-state index is 1.07. The van der Waals surface area contributed by atoms with Crippen LogP contribution in [0.25, 0.3) is 0 Å². The number of aliphatic imine (C=N–C) groups is 1. The summed E-state index contributed by atoms with van der Waals surface area (Å²) in [6, 6.07) is 0. The van der Waals surface area contributed by atoms with Crippen molar-refractivity contribution in [3.8, 4) is 0 Å². The molecule has 0 aromatic heterocycles. The van der Waals surface area contributed by atoms with Gasteiger partial charge >= 0.3 is 0 Å². The van der Waals surface area contributed by atoms with Crippen molar-refractivity contribution in [2.75, 3.05) is 6.54 Å². The Kier molecular flexibility index (Phi) is 5.09. The van der Waals surface area contributed by atoms with Crippen molar-refractivity contribution in [2.24, 2.45) is 4.99 Å². The van der Waals surface area contributed by atoms with Crippen LogP contribution in [0, 0.1) is 0 Å². The zero-order chi connectivity index (χ0) is 7.78. The first-order valence-electron chi connectivity index (χ1n) is 4.98. The molecule has 1 aliphatic rings. The van der Waals surface area contributed by atoms with E-state index < -0.39 is 0 Å². The van der Waals surface area contributed by atoms with Gasteiger partial charge in [-0.1, -0.05) is 32.1 Å². The highest BCUT2D eigenvalue weighted by Gasteiger charge is 1.92. The fraction of sp³-hybridized carbons (Fsp3) is 0.900. The first kappa shape index (κ1) is 8.76. The van der Waals surface area contributed by atoms with E-state index in [2.05, 4.69) is 11.2 Å². The normalized spacial score (nSPS) is 22.5. The van der Waals surface area contributed by atoms with E-state index in [0.717, 1.165) is 6.54 Å². The van der Waals surface area contributed by atoms with Gasteiger partial charge in [-0.05, 0) is 25.5 Å². The average Bonchev–Trinajstić information content (AvgIpc) is 2.08. The van der Waals surface area contributed by atoms with Gasteiger partial charge in [-0.3, -0.25) is 4.99 Å². The maximum Gasteiger partial charge on any atom is 0.0385 e. The molecule has 0 fully saturated rings. The van der Waals surface area contributed by atoms with Crippen LogP contribution in [-0.4, -0.2) is 12.8 Å². The van der Waals surface area contributed by atoms with Crippen molar-refractivity contribution >= 4 is 6.21 Å². The quantitative estimate of drug-likeness (QED) is 0.507. The van der Waals surface area contributed by atoms with E-state index in [0.29, 0.717) is 0 Å². The third-order valence-corrected chi connectivity index (χ3v) is 2.25. The van der Waals surface area contributed by atoms with Gasteiger partial charge < -0.3 is 0 Å². The van der Waals surface area contributed by atoms with E-state index in [-0.39, 0.29) is 0 Å². The van der Waals surface area contributed by atoms with E-state index >= 15 is 0 Å². The summed E-state index contributed by atoms with van der Waals surface area (Å²) in [7, 11) is 0. The molecule has 0 unspecified atom stereocenters. The summed E-state index contributed by atoms with van der Waals surface area (Å²) < 4.78 is 0. The summed E-state index contributed by atoms with van der Waals surface area (Å²) in [6.45, 7) is 1.07. The van der Waals surface area contributed by atoms with Crippen molar-refractivity contribution in [1.29, 1.82) is 0 Å². The summed E-state index contributed by atoms with van der Waals surface area (Å²) in [4.78, 5) is 4.35. The lowest BCUT2D eigenvalue weighted by molar-refractivity contribution is 0.593. The molecule has 0 radical (unpaired) electrons.